The molecule has 112 valence electrons. The molecule has 0 heterocycles. The molecule has 3 heteroatoms. The average molecular weight is 287 g/mol. The first-order valence-electron chi connectivity index (χ1n) is 7.36. The van der Waals surface area contributed by atoms with Crippen molar-refractivity contribution in [3.8, 4) is 11.5 Å². The molecule has 0 saturated heterocycles. The maximum absolute atomic E-state index is 13.7. The zero-order valence-corrected chi connectivity index (χ0v) is 12.8. The summed E-state index contributed by atoms with van der Waals surface area (Å²) in [6.45, 7) is 7.78. The minimum absolute atomic E-state index is 0.277. The van der Waals surface area contributed by atoms with Crippen LogP contribution in [0.4, 0.5) is 4.39 Å². The van der Waals surface area contributed by atoms with E-state index in [9.17, 15) is 4.39 Å². The Morgan fingerprint density at radius 3 is 2.62 bits per heavy atom. The van der Waals surface area contributed by atoms with Gasteiger partial charge in [0.25, 0.3) is 0 Å². The number of halogens is 1. The average Bonchev–Trinajstić information content (AvgIpc) is 2.45. The third-order valence-corrected chi connectivity index (χ3v) is 3.27. The van der Waals surface area contributed by atoms with Gasteiger partial charge in [-0.25, -0.2) is 4.39 Å². The maximum atomic E-state index is 13.7. The van der Waals surface area contributed by atoms with Gasteiger partial charge in [-0.3, -0.25) is 0 Å². The summed E-state index contributed by atoms with van der Waals surface area (Å²) < 4.78 is 19.5. The number of rotatable bonds is 6. The zero-order chi connectivity index (χ0) is 15.2. The number of nitrogens with one attached hydrogen (secondary N) is 1. The van der Waals surface area contributed by atoms with E-state index in [1.54, 1.807) is 0 Å². The SMILES string of the molecule is CCNCc1cc(F)cc(Oc2cccc(C(C)C)c2)c1. The minimum atomic E-state index is -0.277. The molecule has 0 saturated carbocycles. The van der Waals surface area contributed by atoms with E-state index in [0.717, 1.165) is 17.9 Å². The van der Waals surface area contributed by atoms with Crippen molar-refractivity contribution in [2.45, 2.75) is 33.2 Å². The molecule has 0 radical (unpaired) electrons. The second-order valence-electron chi connectivity index (χ2n) is 5.40. The Balaban J connectivity index is 2.18. The van der Waals surface area contributed by atoms with Crippen LogP contribution in [-0.2, 0) is 6.54 Å². The van der Waals surface area contributed by atoms with Gasteiger partial charge in [0.2, 0.25) is 0 Å². The van der Waals surface area contributed by atoms with Crippen molar-refractivity contribution in [3.63, 3.8) is 0 Å². The fourth-order valence-electron chi connectivity index (χ4n) is 2.12. The van der Waals surface area contributed by atoms with Gasteiger partial charge in [0.05, 0.1) is 0 Å². The van der Waals surface area contributed by atoms with Gasteiger partial charge in [0.1, 0.15) is 17.3 Å². The Bertz CT molecular complexity index is 596. The third-order valence-electron chi connectivity index (χ3n) is 3.27. The summed E-state index contributed by atoms with van der Waals surface area (Å²) in [6, 6.07) is 12.7. The van der Waals surface area contributed by atoms with Gasteiger partial charge in [-0.2, -0.15) is 0 Å². The largest absolute Gasteiger partial charge is 0.457 e. The second-order valence-corrected chi connectivity index (χ2v) is 5.40. The summed E-state index contributed by atoms with van der Waals surface area (Å²) in [7, 11) is 0. The van der Waals surface area contributed by atoms with E-state index in [1.807, 2.05) is 31.2 Å². The van der Waals surface area contributed by atoms with E-state index in [1.165, 1.54) is 17.7 Å². The topological polar surface area (TPSA) is 21.3 Å². The number of hydrogen-bond donors (Lipinski definition) is 1. The van der Waals surface area contributed by atoms with E-state index in [4.69, 9.17) is 4.74 Å². The van der Waals surface area contributed by atoms with E-state index < -0.39 is 0 Å². The Morgan fingerprint density at radius 1 is 1.10 bits per heavy atom. The standard InChI is InChI=1S/C18H22FNO/c1-4-20-12-14-8-16(19)11-18(9-14)21-17-7-5-6-15(10-17)13(2)3/h5-11,13,20H,4,12H2,1-3H3. The van der Waals surface area contributed by atoms with Crippen molar-refractivity contribution in [1.82, 2.24) is 5.32 Å². The molecule has 1 N–H and O–H groups in total. The normalized spacial score (nSPS) is 10.9. The van der Waals surface area contributed by atoms with Gasteiger partial charge in [0, 0.05) is 12.6 Å². The molecule has 0 spiro atoms. The molecule has 0 unspecified atom stereocenters. The quantitative estimate of drug-likeness (QED) is 0.820. The monoisotopic (exact) mass is 287 g/mol. The fraction of sp³-hybridized carbons (Fsp3) is 0.333. The Morgan fingerprint density at radius 2 is 1.90 bits per heavy atom. The van der Waals surface area contributed by atoms with Crippen LogP contribution in [0.1, 0.15) is 37.8 Å². The van der Waals surface area contributed by atoms with Crippen LogP contribution in [0, 0.1) is 5.82 Å². The van der Waals surface area contributed by atoms with Crippen LogP contribution in [0.5, 0.6) is 11.5 Å². The summed E-state index contributed by atoms with van der Waals surface area (Å²) in [5.74, 6) is 1.43. The van der Waals surface area contributed by atoms with Crippen molar-refractivity contribution >= 4 is 0 Å². The third kappa shape index (κ3) is 4.57. The van der Waals surface area contributed by atoms with Gasteiger partial charge in [0.15, 0.2) is 0 Å². The molecule has 2 aromatic carbocycles. The zero-order valence-electron chi connectivity index (χ0n) is 12.8. The lowest BCUT2D eigenvalue weighted by Gasteiger charge is -2.11. The maximum Gasteiger partial charge on any atom is 0.130 e. The summed E-state index contributed by atoms with van der Waals surface area (Å²) in [5, 5.41) is 3.18. The highest BCUT2D eigenvalue weighted by molar-refractivity contribution is 5.37. The van der Waals surface area contributed by atoms with Crippen molar-refractivity contribution < 1.29 is 9.13 Å². The van der Waals surface area contributed by atoms with Crippen LogP contribution < -0.4 is 10.1 Å². The van der Waals surface area contributed by atoms with Gasteiger partial charge < -0.3 is 10.1 Å². The first-order chi connectivity index (χ1) is 10.1. The highest BCUT2D eigenvalue weighted by Gasteiger charge is 2.05. The smallest absolute Gasteiger partial charge is 0.130 e. The predicted molar refractivity (Wildman–Crippen MR) is 84.4 cm³/mol. The van der Waals surface area contributed by atoms with Crippen LogP contribution >= 0.6 is 0 Å². The molecule has 0 amide bonds. The van der Waals surface area contributed by atoms with Crippen LogP contribution in [0.2, 0.25) is 0 Å². The van der Waals surface area contributed by atoms with Gasteiger partial charge in [-0.15, -0.1) is 0 Å². The Kier molecular flexibility index (Phi) is 5.34. The summed E-state index contributed by atoms with van der Waals surface area (Å²) in [4.78, 5) is 0. The molecule has 0 bridgehead atoms. The molecule has 0 aliphatic heterocycles. The lowest BCUT2D eigenvalue weighted by Crippen LogP contribution is -2.11. The van der Waals surface area contributed by atoms with Crippen molar-refractivity contribution in [1.29, 1.82) is 0 Å². The highest BCUT2D eigenvalue weighted by Crippen LogP contribution is 2.26. The molecular weight excluding hydrogens is 265 g/mol. The fourth-order valence-corrected chi connectivity index (χ4v) is 2.12. The van der Waals surface area contributed by atoms with Crippen LogP contribution in [0.3, 0.4) is 0 Å². The van der Waals surface area contributed by atoms with Crippen LogP contribution in [0.15, 0.2) is 42.5 Å². The van der Waals surface area contributed by atoms with Crippen molar-refractivity contribution in [3.05, 3.63) is 59.4 Å². The first-order valence-corrected chi connectivity index (χ1v) is 7.36. The summed E-state index contributed by atoms with van der Waals surface area (Å²) in [5.41, 5.74) is 2.09. The molecule has 2 rings (SSSR count). The molecular formula is C18H22FNO. The van der Waals surface area contributed by atoms with Crippen LogP contribution in [-0.4, -0.2) is 6.54 Å². The molecule has 0 atom stereocenters. The van der Waals surface area contributed by atoms with Crippen molar-refractivity contribution in [2.75, 3.05) is 6.54 Å². The van der Waals surface area contributed by atoms with E-state index in [-0.39, 0.29) is 5.82 Å². The highest BCUT2D eigenvalue weighted by atomic mass is 19.1. The van der Waals surface area contributed by atoms with Crippen LogP contribution in [0.25, 0.3) is 0 Å². The minimum Gasteiger partial charge on any atom is -0.457 e. The molecule has 0 aliphatic carbocycles. The number of benzene rings is 2. The van der Waals surface area contributed by atoms with Gasteiger partial charge >= 0.3 is 0 Å². The van der Waals surface area contributed by atoms with Crippen molar-refractivity contribution in [2.24, 2.45) is 0 Å². The molecule has 2 aromatic rings. The summed E-state index contributed by atoms with van der Waals surface area (Å²) in [6.07, 6.45) is 0. The van der Waals surface area contributed by atoms with E-state index in [2.05, 4.69) is 25.2 Å². The molecule has 0 aromatic heterocycles. The number of ether oxygens (including phenoxy) is 1. The lowest BCUT2D eigenvalue weighted by atomic mass is 10.0. The molecule has 0 fully saturated rings. The van der Waals surface area contributed by atoms with Gasteiger partial charge in [-0.05, 0) is 47.9 Å². The van der Waals surface area contributed by atoms with E-state index >= 15 is 0 Å². The summed E-state index contributed by atoms with van der Waals surface area (Å²) >= 11 is 0. The second kappa shape index (κ2) is 7.23. The predicted octanol–water partition coefficient (Wildman–Crippen LogP) is 4.85. The van der Waals surface area contributed by atoms with Gasteiger partial charge in [-0.1, -0.05) is 32.9 Å². The molecule has 2 nitrogen and oxygen atoms in total. The first kappa shape index (κ1) is 15.5. The Hall–Kier alpha value is -1.87. The van der Waals surface area contributed by atoms with E-state index in [0.29, 0.717) is 18.2 Å². The number of hydrogen-bond acceptors (Lipinski definition) is 2. The Labute approximate surface area is 126 Å². The molecule has 21 heavy (non-hydrogen) atoms. The lowest BCUT2D eigenvalue weighted by molar-refractivity contribution is 0.474. The molecule has 0 aliphatic rings.